The zero-order valence-corrected chi connectivity index (χ0v) is 13.3. The predicted molar refractivity (Wildman–Crippen MR) is 83.1 cm³/mol. The second-order valence-corrected chi connectivity index (χ2v) is 6.24. The van der Waals surface area contributed by atoms with Crippen molar-refractivity contribution in [2.24, 2.45) is 5.92 Å². The van der Waals surface area contributed by atoms with Gasteiger partial charge >= 0.3 is 0 Å². The minimum Gasteiger partial charge on any atom is -0.342 e. The Morgan fingerprint density at radius 2 is 2.09 bits per heavy atom. The van der Waals surface area contributed by atoms with Crippen LogP contribution >= 0.6 is 0 Å². The van der Waals surface area contributed by atoms with Crippen molar-refractivity contribution in [2.75, 3.05) is 13.1 Å². The summed E-state index contributed by atoms with van der Waals surface area (Å²) in [6.45, 7) is 5.21. The van der Waals surface area contributed by atoms with Crippen LogP contribution in [0, 0.1) is 11.7 Å². The van der Waals surface area contributed by atoms with E-state index in [1.807, 2.05) is 18.7 Å². The third-order valence-corrected chi connectivity index (χ3v) is 4.12. The third-order valence-electron chi connectivity index (χ3n) is 4.12. The number of aromatic nitrogens is 2. The van der Waals surface area contributed by atoms with Crippen LogP contribution in [0.5, 0.6) is 0 Å². The molecule has 23 heavy (non-hydrogen) atoms. The summed E-state index contributed by atoms with van der Waals surface area (Å²) in [5.74, 6) is 0.915. The Bertz CT molecular complexity index is 681. The number of hydrogen-bond acceptors (Lipinski definition) is 4. The van der Waals surface area contributed by atoms with Gasteiger partial charge in [-0.2, -0.15) is 4.98 Å². The van der Waals surface area contributed by atoms with Crippen LogP contribution in [0.4, 0.5) is 4.39 Å². The highest BCUT2D eigenvalue weighted by molar-refractivity contribution is 5.78. The minimum atomic E-state index is -0.299. The van der Waals surface area contributed by atoms with Gasteiger partial charge in [0.2, 0.25) is 17.6 Å². The fraction of sp³-hybridized carbons (Fsp3) is 0.471. The Morgan fingerprint density at radius 3 is 2.78 bits per heavy atom. The molecule has 3 rings (SSSR count). The molecule has 0 spiro atoms. The van der Waals surface area contributed by atoms with Crippen LogP contribution in [0.15, 0.2) is 28.8 Å². The molecule has 0 N–H and O–H groups in total. The van der Waals surface area contributed by atoms with Gasteiger partial charge < -0.3 is 9.42 Å². The van der Waals surface area contributed by atoms with Gasteiger partial charge in [-0.3, -0.25) is 4.79 Å². The number of likely N-dealkylation sites (tertiary alicyclic amines) is 1. The van der Waals surface area contributed by atoms with Gasteiger partial charge in [0.15, 0.2) is 0 Å². The first-order valence-corrected chi connectivity index (χ1v) is 7.93. The Labute approximate surface area is 134 Å². The quantitative estimate of drug-likeness (QED) is 0.872. The van der Waals surface area contributed by atoms with Gasteiger partial charge in [-0.15, -0.1) is 0 Å². The van der Waals surface area contributed by atoms with Crippen LogP contribution in [0.2, 0.25) is 0 Å². The van der Waals surface area contributed by atoms with Gasteiger partial charge in [-0.25, -0.2) is 4.39 Å². The molecule has 2 heterocycles. The van der Waals surface area contributed by atoms with E-state index in [9.17, 15) is 9.18 Å². The van der Waals surface area contributed by atoms with Crippen LogP contribution in [0.3, 0.4) is 0 Å². The molecule has 1 atom stereocenters. The zero-order valence-electron chi connectivity index (χ0n) is 13.3. The zero-order chi connectivity index (χ0) is 16.4. The topological polar surface area (TPSA) is 59.2 Å². The molecular weight excluding hydrogens is 297 g/mol. The van der Waals surface area contributed by atoms with E-state index < -0.39 is 0 Å². The number of hydrogen-bond donors (Lipinski definition) is 0. The molecule has 0 unspecified atom stereocenters. The maximum Gasteiger partial charge on any atom is 0.231 e. The van der Waals surface area contributed by atoms with Crippen molar-refractivity contribution in [3.05, 3.63) is 36.0 Å². The van der Waals surface area contributed by atoms with E-state index in [1.54, 1.807) is 12.1 Å². The summed E-state index contributed by atoms with van der Waals surface area (Å²) in [6.07, 6.45) is 1.85. The molecule has 0 bridgehead atoms. The molecule has 0 aliphatic carbocycles. The van der Waals surface area contributed by atoms with Gasteiger partial charge in [0.05, 0.1) is 5.92 Å². The first-order valence-electron chi connectivity index (χ1n) is 7.93. The largest absolute Gasteiger partial charge is 0.342 e. The lowest BCUT2D eigenvalue weighted by molar-refractivity contribution is -0.135. The summed E-state index contributed by atoms with van der Waals surface area (Å²) in [5.41, 5.74) is 0.715. The third kappa shape index (κ3) is 3.41. The molecule has 6 heteroatoms. The van der Waals surface area contributed by atoms with Gasteiger partial charge in [-0.05, 0) is 37.1 Å². The Balaban J connectivity index is 1.74. The number of carbonyl (C=O) groups is 1. The molecule has 1 fully saturated rings. The normalized spacial score (nSPS) is 18.4. The van der Waals surface area contributed by atoms with Crippen molar-refractivity contribution in [3.8, 4) is 11.4 Å². The lowest BCUT2D eigenvalue weighted by Crippen LogP contribution is -2.41. The number of amides is 1. The highest BCUT2D eigenvalue weighted by atomic mass is 19.1. The summed E-state index contributed by atoms with van der Waals surface area (Å²) < 4.78 is 18.4. The van der Waals surface area contributed by atoms with Crippen LogP contribution < -0.4 is 0 Å². The standard InChI is InChI=1S/C17H20FN3O2/c1-11(2)17(22)21-9-3-4-13(10-21)16-19-15(20-23-16)12-5-7-14(18)8-6-12/h5-8,11,13H,3-4,9-10H2,1-2H3/t13-/m0/s1. The highest BCUT2D eigenvalue weighted by Crippen LogP contribution is 2.28. The van der Waals surface area contributed by atoms with E-state index in [4.69, 9.17) is 4.52 Å². The predicted octanol–water partition coefficient (Wildman–Crippen LogP) is 3.24. The second-order valence-electron chi connectivity index (χ2n) is 6.24. The molecule has 1 aromatic carbocycles. The highest BCUT2D eigenvalue weighted by Gasteiger charge is 2.29. The number of nitrogens with zero attached hydrogens (tertiary/aromatic N) is 3. The van der Waals surface area contributed by atoms with Gasteiger partial charge in [0.1, 0.15) is 5.82 Å². The summed E-state index contributed by atoms with van der Waals surface area (Å²) in [4.78, 5) is 18.5. The molecule has 2 aromatic rings. The SMILES string of the molecule is CC(C)C(=O)N1CCC[C@H](c2nc(-c3ccc(F)cc3)no2)C1. The molecule has 5 nitrogen and oxygen atoms in total. The number of benzene rings is 1. The average Bonchev–Trinajstić information content (AvgIpc) is 3.05. The lowest BCUT2D eigenvalue weighted by Gasteiger charge is -2.32. The average molecular weight is 317 g/mol. The first-order chi connectivity index (χ1) is 11.0. The lowest BCUT2D eigenvalue weighted by atomic mass is 9.97. The maximum absolute atomic E-state index is 13.0. The summed E-state index contributed by atoms with van der Waals surface area (Å²) >= 11 is 0. The second kappa shape index (κ2) is 6.48. The van der Waals surface area contributed by atoms with E-state index in [1.165, 1.54) is 12.1 Å². The van der Waals surface area contributed by atoms with Gasteiger partial charge in [0, 0.05) is 24.6 Å². The molecule has 122 valence electrons. The summed E-state index contributed by atoms with van der Waals surface area (Å²) in [5, 5.41) is 3.98. The summed E-state index contributed by atoms with van der Waals surface area (Å²) in [6, 6.07) is 5.99. The van der Waals surface area contributed by atoms with E-state index in [0.29, 0.717) is 23.8 Å². The number of piperidine rings is 1. The molecular formula is C17H20FN3O2. The minimum absolute atomic E-state index is 0.00814. The number of carbonyl (C=O) groups excluding carboxylic acids is 1. The molecule has 0 radical (unpaired) electrons. The molecule has 1 aliphatic rings. The fourth-order valence-corrected chi connectivity index (χ4v) is 2.86. The van der Waals surface area contributed by atoms with Crippen LogP contribution in [-0.4, -0.2) is 34.0 Å². The molecule has 1 saturated heterocycles. The van der Waals surface area contributed by atoms with Crippen LogP contribution in [0.1, 0.15) is 38.5 Å². The van der Waals surface area contributed by atoms with E-state index >= 15 is 0 Å². The van der Waals surface area contributed by atoms with Crippen molar-refractivity contribution in [3.63, 3.8) is 0 Å². The van der Waals surface area contributed by atoms with E-state index in [0.717, 1.165) is 19.4 Å². The van der Waals surface area contributed by atoms with Crippen molar-refractivity contribution >= 4 is 5.91 Å². The van der Waals surface area contributed by atoms with Gasteiger partial charge in [-0.1, -0.05) is 19.0 Å². The van der Waals surface area contributed by atoms with Crippen molar-refractivity contribution in [1.82, 2.24) is 15.0 Å². The maximum atomic E-state index is 13.0. The fourth-order valence-electron chi connectivity index (χ4n) is 2.86. The van der Waals surface area contributed by atoms with E-state index in [2.05, 4.69) is 10.1 Å². The van der Waals surface area contributed by atoms with Crippen molar-refractivity contribution < 1.29 is 13.7 Å². The van der Waals surface area contributed by atoms with Crippen LogP contribution in [0.25, 0.3) is 11.4 Å². The molecule has 0 saturated carbocycles. The molecule has 1 aromatic heterocycles. The van der Waals surface area contributed by atoms with E-state index in [-0.39, 0.29) is 23.6 Å². The Kier molecular flexibility index (Phi) is 4.41. The van der Waals surface area contributed by atoms with Crippen molar-refractivity contribution in [2.45, 2.75) is 32.6 Å². The monoisotopic (exact) mass is 317 g/mol. The molecule has 1 amide bonds. The molecule has 1 aliphatic heterocycles. The Morgan fingerprint density at radius 1 is 1.35 bits per heavy atom. The number of rotatable bonds is 3. The van der Waals surface area contributed by atoms with Gasteiger partial charge in [0.25, 0.3) is 0 Å². The summed E-state index contributed by atoms with van der Waals surface area (Å²) in [7, 11) is 0. The van der Waals surface area contributed by atoms with Crippen molar-refractivity contribution in [1.29, 1.82) is 0 Å². The van der Waals surface area contributed by atoms with Crippen LogP contribution in [-0.2, 0) is 4.79 Å². The number of halogens is 1. The smallest absolute Gasteiger partial charge is 0.231 e. The first kappa shape index (κ1) is 15.6. The Hall–Kier alpha value is -2.24.